The lowest BCUT2D eigenvalue weighted by atomic mass is 10.0. The maximum Gasteiger partial charge on any atom is 0.337 e. The van der Waals surface area contributed by atoms with Crippen LogP contribution in [0.5, 0.6) is 0 Å². The van der Waals surface area contributed by atoms with Gasteiger partial charge in [0.2, 0.25) is 0 Å². The largest absolute Gasteiger partial charge is 0.465 e. The molecule has 0 bridgehead atoms. The molecule has 0 aliphatic heterocycles. The van der Waals surface area contributed by atoms with Crippen LogP contribution in [-0.2, 0) is 25.6 Å². The number of amides is 1. The molecule has 0 saturated heterocycles. The molecule has 6 heteroatoms. The Kier molecular flexibility index (Phi) is 8.14. The quantitative estimate of drug-likeness (QED) is 0.492. The van der Waals surface area contributed by atoms with Crippen LogP contribution in [0.25, 0.3) is 6.08 Å². The molecule has 0 fully saturated rings. The van der Waals surface area contributed by atoms with Gasteiger partial charge in [-0.05, 0) is 57.0 Å². The fourth-order valence-electron chi connectivity index (χ4n) is 2.91. The van der Waals surface area contributed by atoms with Gasteiger partial charge in [-0.3, -0.25) is 4.79 Å². The minimum absolute atomic E-state index is 0.263. The SMILES string of the molecule is COC(=O)c1ccc(/C=C/C(=O)O[C@H](C)C(=O)N(Cc2ccccc2)C(C)(C)C)cc1. The number of carbonyl (C=O) groups excluding carboxylic acids is 3. The third-order valence-electron chi connectivity index (χ3n) is 4.64. The van der Waals surface area contributed by atoms with Crippen LogP contribution in [0.2, 0.25) is 0 Å². The van der Waals surface area contributed by atoms with Crippen molar-refractivity contribution in [2.45, 2.75) is 45.9 Å². The second-order valence-corrected chi connectivity index (χ2v) is 8.11. The Morgan fingerprint density at radius 1 is 1.00 bits per heavy atom. The highest BCUT2D eigenvalue weighted by atomic mass is 16.5. The summed E-state index contributed by atoms with van der Waals surface area (Å²) in [5, 5.41) is 0. The standard InChI is InChI=1S/C25H29NO5/c1-18(23(28)26(25(2,3)4)17-20-9-7-6-8-10-20)31-22(27)16-13-19-11-14-21(15-12-19)24(29)30-5/h6-16,18H,17H2,1-5H3/b16-13+/t18-/m1/s1. The molecule has 0 spiro atoms. The van der Waals surface area contributed by atoms with Crippen LogP contribution < -0.4 is 0 Å². The fourth-order valence-corrected chi connectivity index (χ4v) is 2.91. The van der Waals surface area contributed by atoms with E-state index < -0.39 is 23.6 Å². The van der Waals surface area contributed by atoms with Gasteiger partial charge in [-0.2, -0.15) is 0 Å². The summed E-state index contributed by atoms with van der Waals surface area (Å²) in [5.74, 6) is -1.31. The summed E-state index contributed by atoms with van der Waals surface area (Å²) in [6.45, 7) is 7.83. The highest BCUT2D eigenvalue weighted by molar-refractivity contribution is 5.91. The van der Waals surface area contributed by atoms with Crippen molar-refractivity contribution in [3.63, 3.8) is 0 Å². The average Bonchev–Trinajstić information content (AvgIpc) is 2.75. The molecule has 2 rings (SSSR count). The van der Waals surface area contributed by atoms with Gasteiger partial charge in [0.25, 0.3) is 5.91 Å². The van der Waals surface area contributed by atoms with E-state index in [4.69, 9.17) is 4.74 Å². The molecule has 1 atom stereocenters. The van der Waals surface area contributed by atoms with Crippen molar-refractivity contribution in [3.8, 4) is 0 Å². The first-order chi connectivity index (χ1) is 14.6. The maximum atomic E-state index is 13.0. The van der Waals surface area contributed by atoms with Crippen molar-refractivity contribution in [3.05, 3.63) is 77.4 Å². The zero-order chi connectivity index (χ0) is 23.0. The second-order valence-electron chi connectivity index (χ2n) is 8.11. The van der Waals surface area contributed by atoms with Gasteiger partial charge in [0, 0.05) is 18.2 Å². The number of carbonyl (C=O) groups is 3. The van der Waals surface area contributed by atoms with Crippen LogP contribution >= 0.6 is 0 Å². The summed E-state index contributed by atoms with van der Waals surface area (Å²) in [6.07, 6.45) is 1.89. The molecule has 0 aliphatic rings. The van der Waals surface area contributed by atoms with Gasteiger partial charge in [-0.25, -0.2) is 9.59 Å². The van der Waals surface area contributed by atoms with E-state index in [1.54, 1.807) is 42.2 Å². The first-order valence-corrected chi connectivity index (χ1v) is 10.0. The molecule has 6 nitrogen and oxygen atoms in total. The Hall–Kier alpha value is -3.41. The smallest absolute Gasteiger partial charge is 0.337 e. The zero-order valence-corrected chi connectivity index (χ0v) is 18.6. The molecule has 0 saturated carbocycles. The Bertz CT molecular complexity index is 927. The third-order valence-corrected chi connectivity index (χ3v) is 4.64. The Morgan fingerprint density at radius 2 is 1.61 bits per heavy atom. The van der Waals surface area contributed by atoms with Crippen molar-refractivity contribution in [2.24, 2.45) is 0 Å². The lowest BCUT2D eigenvalue weighted by Crippen LogP contribution is -2.49. The molecule has 0 heterocycles. The molecule has 2 aromatic rings. The average molecular weight is 424 g/mol. The van der Waals surface area contributed by atoms with Crippen molar-refractivity contribution in [1.82, 2.24) is 4.90 Å². The molecular formula is C25H29NO5. The van der Waals surface area contributed by atoms with Crippen molar-refractivity contribution in [1.29, 1.82) is 0 Å². The lowest BCUT2D eigenvalue weighted by molar-refractivity contribution is -0.158. The van der Waals surface area contributed by atoms with E-state index in [2.05, 4.69) is 4.74 Å². The number of rotatable bonds is 7. The van der Waals surface area contributed by atoms with E-state index in [9.17, 15) is 14.4 Å². The number of esters is 2. The van der Waals surface area contributed by atoms with Gasteiger partial charge in [-0.1, -0.05) is 42.5 Å². The summed E-state index contributed by atoms with van der Waals surface area (Å²) < 4.78 is 9.99. The van der Waals surface area contributed by atoms with Gasteiger partial charge in [0.05, 0.1) is 12.7 Å². The van der Waals surface area contributed by atoms with Crippen LogP contribution in [0.3, 0.4) is 0 Å². The predicted octanol–water partition coefficient (Wildman–Crippen LogP) is 4.25. The van der Waals surface area contributed by atoms with E-state index in [-0.39, 0.29) is 5.91 Å². The molecule has 164 valence electrons. The highest BCUT2D eigenvalue weighted by Gasteiger charge is 2.31. The van der Waals surface area contributed by atoms with Gasteiger partial charge < -0.3 is 14.4 Å². The van der Waals surface area contributed by atoms with E-state index >= 15 is 0 Å². The summed E-state index contributed by atoms with van der Waals surface area (Å²) in [5.41, 5.74) is 1.69. The molecule has 2 aromatic carbocycles. The molecule has 0 unspecified atom stereocenters. The van der Waals surface area contributed by atoms with Gasteiger partial charge >= 0.3 is 11.9 Å². The number of hydrogen-bond donors (Lipinski definition) is 0. The van der Waals surface area contributed by atoms with Crippen molar-refractivity contribution < 1.29 is 23.9 Å². The monoisotopic (exact) mass is 423 g/mol. The normalized spacial score (nSPS) is 12.3. The van der Waals surface area contributed by atoms with Gasteiger partial charge in [-0.15, -0.1) is 0 Å². The molecule has 0 radical (unpaired) electrons. The molecule has 31 heavy (non-hydrogen) atoms. The van der Waals surface area contributed by atoms with E-state index in [0.717, 1.165) is 5.56 Å². The van der Waals surface area contributed by atoms with Gasteiger partial charge in [0.1, 0.15) is 0 Å². The number of hydrogen-bond acceptors (Lipinski definition) is 5. The second kappa shape index (κ2) is 10.6. The summed E-state index contributed by atoms with van der Waals surface area (Å²) in [7, 11) is 1.31. The van der Waals surface area contributed by atoms with E-state index in [1.807, 2.05) is 51.1 Å². The van der Waals surface area contributed by atoms with Gasteiger partial charge in [0.15, 0.2) is 6.10 Å². The minimum Gasteiger partial charge on any atom is -0.465 e. The van der Waals surface area contributed by atoms with Crippen LogP contribution in [0.4, 0.5) is 0 Å². The van der Waals surface area contributed by atoms with Crippen LogP contribution in [0.15, 0.2) is 60.7 Å². The first kappa shape index (κ1) is 23.9. The maximum absolute atomic E-state index is 13.0. The van der Waals surface area contributed by atoms with Crippen LogP contribution in [0, 0.1) is 0 Å². The van der Waals surface area contributed by atoms with Crippen molar-refractivity contribution >= 4 is 23.9 Å². The van der Waals surface area contributed by atoms with E-state index in [0.29, 0.717) is 17.7 Å². The molecule has 0 aliphatic carbocycles. The molecule has 1 amide bonds. The Balaban J connectivity index is 2.01. The summed E-state index contributed by atoms with van der Waals surface area (Å²) >= 11 is 0. The fraction of sp³-hybridized carbons (Fsp3) is 0.320. The minimum atomic E-state index is -0.929. The molecule has 0 aromatic heterocycles. The first-order valence-electron chi connectivity index (χ1n) is 10.0. The number of ether oxygens (including phenoxy) is 2. The zero-order valence-electron chi connectivity index (χ0n) is 18.6. The van der Waals surface area contributed by atoms with Crippen LogP contribution in [-0.4, -0.2) is 41.5 Å². The van der Waals surface area contributed by atoms with Crippen LogP contribution in [0.1, 0.15) is 49.2 Å². The summed E-state index contributed by atoms with van der Waals surface area (Å²) in [4.78, 5) is 38.4. The highest BCUT2D eigenvalue weighted by Crippen LogP contribution is 2.19. The third kappa shape index (κ3) is 7.10. The topological polar surface area (TPSA) is 72.9 Å². The van der Waals surface area contributed by atoms with Crippen molar-refractivity contribution in [2.75, 3.05) is 7.11 Å². The summed E-state index contributed by atoms with van der Waals surface area (Å²) in [6, 6.07) is 16.3. The number of nitrogens with zero attached hydrogens (tertiary/aromatic N) is 1. The van der Waals surface area contributed by atoms with E-state index in [1.165, 1.54) is 13.2 Å². The molecule has 0 N–H and O–H groups in total. The Morgan fingerprint density at radius 3 is 2.16 bits per heavy atom. The number of benzene rings is 2. The lowest BCUT2D eigenvalue weighted by Gasteiger charge is -2.37. The number of methoxy groups -OCH3 is 1. The predicted molar refractivity (Wildman–Crippen MR) is 119 cm³/mol. The molecular weight excluding hydrogens is 394 g/mol. The Labute approximate surface area is 183 Å².